The molecule has 0 radical (unpaired) electrons. The summed E-state index contributed by atoms with van der Waals surface area (Å²) < 4.78 is 11.0. The number of benzene rings is 1. The number of H-pyrrole nitrogens is 1. The second kappa shape index (κ2) is 6.91. The number of rotatable bonds is 3. The van der Waals surface area contributed by atoms with Crippen LogP contribution in [0, 0.1) is 13.8 Å². The molecule has 3 rings (SSSR count). The lowest BCUT2D eigenvalue weighted by atomic mass is 10.1. The van der Waals surface area contributed by atoms with Crippen molar-refractivity contribution in [2.24, 2.45) is 0 Å². The van der Waals surface area contributed by atoms with E-state index < -0.39 is 17.9 Å². The molecule has 0 saturated heterocycles. The maximum atomic E-state index is 12.3. The van der Waals surface area contributed by atoms with E-state index >= 15 is 0 Å². The summed E-state index contributed by atoms with van der Waals surface area (Å²) in [6.45, 7) is 4.86. The van der Waals surface area contributed by atoms with Gasteiger partial charge >= 0.3 is 0 Å². The number of aromatic nitrogens is 1. The number of hydrogen-bond acceptors (Lipinski definition) is 5. The maximum absolute atomic E-state index is 12.3. The van der Waals surface area contributed by atoms with Crippen molar-refractivity contribution in [3.63, 3.8) is 0 Å². The van der Waals surface area contributed by atoms with Crippen LogP contribution < -0.4 is 20.3 Å². The van der Waals surface area contributed by atoms with Crippen molar-refractivity contribution < 1.29 is 23.9 Å². The second-order valence-corrected chi connectivity index (χ2v) is 5.99. The van der Waals surface area contributed by atoms with E-state index in [0.717, 1.165) is 0 Å². The fourth-order valence-electron chi connectivity index (χ4n) is 2.92. The summed E-state index contributed by atoms with van der Waals surface area (Å²) in [5.41, 5.74) is 6.48. The molecule has 0 spiro atoms. The molecule has 0 bridgehead atoms. The monoisotopic (exact) mass is 357 g/mol. The highest BCUT2D eigenvalue weighted by atomic mass is 16.6. The first-order valence-corrected chi connectivity index (χ1v) is 8.07. The molecule has 2 heterocycles. The number of aryl methyl sites for hydroxylation is 1. The van der Waals surface area contributed by atoms with Crippen molar-refractivity contribution in [2.75, 3.05) is 6.61 Å². The zero-order chi connectivity index (χ0) is 18.8. The first kappa shape index (κ1) is 17.5. The molecular formula is C18H19N3O5. The van der Waals surface area contributed by atoms with E-state index in [-0.39, 0.29) is 18.1 Å². The van der Waals surface area contributed by atoms with Crippen LogP contribution in [-0.2, 0) is 4.79 Å². The number of carbonyl (C=O) groups excluding carboxylic acids is 3. The normalized spacial score (nSPS) is 15.3. The maximum Gasteiger partial charge on any atom is 0.286 e. The standard InChI is InChI=1S/C18H19N3O5/c1-9-15(11(3)22)10(2)19-16(9)18(24)21-20-17(23)14-8-25-12-6-4-5-7-13(12)26-14/h4-7,14,19H,8H2,1-3H3,(H,20,23)(H,21,24). The van der Waals surface area contributed by atoms with Crippen LogP contribution in [0.1, 0.15) is 39.0 Å². The lowest BCUT2D eigenvalue weighted by Gasteiger charge is -2.25. The van der Waals surface area contributed by atoms with Crippen LogP contribution in [0.2, 0.25) is 0 Å². The number of amides is 2. The van der Waals surface area contributed by atoms with Crippen LogP contribution in [0.3, 0.4) is 0 Å². The molecule has 8 heteroatoms. The number of carbonyl (C=O) groups is 3. The average Bonchev–Trinajstić information content (AvgIpc) is 2.93. The minimum absolute atomic E-state index is 0.0356. The van der Waals surface area contributed by atoms with Gasteiger partial charge in [0.05, 0.1) is 0 Å². The van der Waals surface area contributed by atoms with Gasteiger partial charge in [-0.2, -0.15) is 0 Å². The van der Waals surface area contributed by atoms with Crippen molar-refractivity contribution in [1.29, 1.82) is 0 Å². The van der Waals surface area contributed by atoms with Gasteiger partial charge in [-0.25, -0.2) is 0 Å². The summed E-state index contributed by atoms with van der Waals surface area (Å²) in [6, 6.07) is 7.02. The number of aromatic amines is 1. The van der Waals surface area contributed by atoms with E-state index in [1.54, 1.807) is 38.1 Å². The molecule has 1 unspecified atom stereocenters. The third kappa shape index (κ3) is 3.26. The van der Waals surface area contributed by atoms with Crippen LogP contribution in [-0.4, -0.2) is 35.3 Å². The molecule has 3 N–H and O–H groups in total. The molecule has 0 saturated carbocycles. The summed E-state index contributed by atoms with van der Waals surface area (Å²) in [4.78, 5) is 39.0. The lowest BCUT2D eigenvalue weighted by molar-refractivity contribution is -0.131. The van der Waals surface area contributed by atoms with E-state index in [2.05, 4.69) is 15.8 Å². The smallest absolute Gasteiger partial charge is 0.286 e. The van der Waals surface area contributed by atoms with Gasteiger partial charge in [-0.3, -0.25) is 25.2 Å². The third-order valence-corrected chi connectivity index (χ3v) is 4.12. The first-order valence-electron chi connectivity index (χ1n) is 8.07. The number of nitrogens with one attached hydrogen (secondary N) is 3. The third-order valence-electron chi connectivity index (χ3n) is 4.12. The van der Waals surface area contributed by atoms with Crippen molar-refractivity contribution in [3.8, 4) is 11.5 Å². The van der Waals surface area contributed by atoms with Crippen LogP contribution in [0.25, 0.3) is 0 Å². The van der Waals surface area contributed by atoms with Crippen LogP contribution in [0.4, 0.5) is 0 Å². The molecule has 2 aromatic rings. The van der Waals surface area contributed by atoms with Gasteiger partial charge in [0.1, 0.15) is 12.3 Å². The van der Waals surface area contributed by atoms with Gasteiger partial charge in [0.2, 0.25) is 6.10 Å². The highest BCUT2D eigenvalue weighted by molar-refractivity contribution is 6.02. The number of ketones is 1. The van der Waals surface area contributed by atoms with Crippen LogP contribution >= 0.6 is 0 Å². The predicted octanol–water partition coefficient (Wildman–Crippen LogP) is 1.44. The van der Waals surface area contributed by atoms with Gasteiger partial charge in [0.25, 0.3) is 11.8 Å². The van der Waals surface area contributed by atoms with E-state index in [9.17, 15) is 14.4 Å². The van der Waals surface area contributed by atoms with Gasteiger partial charge < -0.3 is 14.5 Å². The van der Waals surface area contributed by atoms with E-state index in [1.165, 1.54) is 6.92 Å². The summed E-state index contributed by atoms with van der Waals surface area (Å²) in [6.07, 6.45) is -0.885. The Bertz CT molecular complexity index is 887. The Balaban J connectivity index is 1.63. The Hall–Kier alpha value is -3.29. The molecular weight excluding hydrogens is 338 g/mol. The van der Waals surface area contributed by atoms with Crippen molar-refractivity contribution in [1.82, 2.24) is 15.8 Å². The van der Waals surface area contributed by atoms with Crippen molar-refractivity contribution >= 4 is 17.6 Å². The van der Waals surface area contributed by atoms with Crippen LogP contribution in [0.5, 0.6) is 11.5 Å². The van der Waals surface area contributed by atoms with E-state index in [4.69, 9.17) is 9.47 Å². The number of hydrogen-bond donors (Lipinski definition) is 3. The Morgan fingerprint density at radius 1 is 1.12 bits per heavy atom. The number of fused-ring (bicyclic) bond motifs is 1. The molecule has 1 aromatic carbocycles. The van der Waals surface area contributed by atoms with Gasteiger partial charge in [-0.1, -0.05) is 12.1 Å². The Kier molecular flexibility index (Phi) is 4.66. The Labute approximate surface area is 149 Å². The molecule has 1 aliphatic rings. The summed E-state index contributed by atoms with van der Waals surface area (Å²) in [5.74, 6) is -0.197. The van der Waals surface area contributed by atoms with Gasteiger partial charge in [-0.15, -0.1) is 0 Å². The molecule has 1 aromatic heterocycles. The number of hydrazine groups is 1. The summed E-state index contributed by atoms with van der Waals surface area (Å²) in [5, 5.41) is 0. The second-order valence-electron chi connectivity index (χ2n) is 5.99. The molecule has 1 atom stereocenters. The summed E-state index contributed by atoms with van der Waals surface area (Å²) >= 11 is 0. The van der Waals surface area contributed by atoms with Gasteiger partial charge in [0, 0.05) is 11.3 Å². The Morgan fingerprint density at radius 2 is 1.81 bits per heavy atom. The predicted molar refractivity (Wildman–Crippen MR) is 92.2 cm³/mol. The molecule has 0 fully saturated rings. The van der Waals surface area contributed by atoms with Gasteiger partial charge in [0.15, 0.2) is 17.3 Å². The highest BCUT2D eigenvalue weighted by Crippen LogP contribution is 2.30. The minimum Gasteiger partial charge on any atom is -0.485 e. The molecule has 1 aliphatic heterocycles. The van der Waals surface area contributed by atoms with Crippen molar-refractivity contribution in [2.45, 2.75) is 26.9 Å². The summed E-state index contributed by atoms with van der Waals surface area (Å²) in [7, 11) is 0. The Morgan fingerprint density at radius 3 is 2.46 bits per heavy atom. The average molecular weight is 357 g/mol. The molecule has 0 aliphatic carbocycles. The molecule has 2 amide bonds. The van der Waals surface area contributed by atoms with Gasteiger partial charge in [-0.05, 0) is 38.5 Å². The minimum atomic E-state index is -0.885. The number of Topliss-reactive ketones (excluding diaryl/α,β-unsaturated/α-hetero) is 1. The highest BCUT2D eigenvalue weighted by Gasteiger charge is 2.28. The number of para-hydroxylation sites is 2. The number of ether oxygens (including phenoxy) is 2. The van der Waals surface area contributed by atoms with Crippen LogP contribution in [0.15, 0.2) is 24.3 Å². The zero-order valence-electron chi connectivity index (χ0n) is 14.6. The van der Waals surface area contributed by atoms with Crippen molar-refractivity contribution in [3.05, 3.63) is 46.8 Å². The molecule has 136 valence electrons. The van der Waals surface area contributed by atoms with E-state index in [1.807, 2.05) is 0 Å². The molecule has 26 heavy (non-hydrogen) atoms. The lowest BCUT2D eigenvalue weighted by Crippen LogP contribution is -2.51. The largest absolute Gasteiger partial charge is 0.485 e. The quantitative estimate of drug-likeness (QED) is 0.569. The fraction of sp³-hybridized carbons (Fsp3) is 0.278. The molecule has 8 nitrogen and oxygen atoms in total. The van der Waals surface area contributed by atoms with E-state index in [0.29, 0.717) is 28.3 Å². The SMILES string of the molecule is CC(=O)c1c(C)[nH]c(C(=O)NNC(=O)C2COc3ccccc3O2)c1C. The topological polar surface area (TPSA) is 110 Å². The first-order chi connectivity index (χ1) is 12.4. The fourth-order valence-corrected chi connectivity index (χ4v) is 2.92. The zero-order valence-corrected chi connectivity index (χ0v) is 14.6.